The Hall–Kier alpha value is -3.08. The lowest BCUT2D eigenvalue weighted by atomic mass is 10.1. The Bertz CT molecular complexity index is 1260. The van der Waals surface area contributed by atoms with Crippen LogP contribution in [0.25, 0.3) is 22.9 Å². The van der Waals surface area contributed by atoms with Crippen LogP contribution in [0.3, 0.4) is 0 Å². The van der Waals surface area contributed by atoms with Crippen molar-refractivity contribution < 1.29 is 9.53 Å². The molecule has 0 aliphatic carbocycles. The minimum Gasteiger partial charge on any atom is -0.422 e. The molecule has 4 rings (SSSR count). The molecular formula is C25H20Cl2N2O2. The first-order valence-electron chi connectivity index (χ1n) is 9.85. The number of carbonyl (C=O) groups excluding carboxylic acids is 1. The van der Waals surface area contributed by atoms with E-state index in [1.54, 1.807) is 42.5 Å². The van der Waals surface area contributed by atoms with Crippen LogP contribution in [0.2, 0.25) is 10.0 Å². The predicted octanol–water partition coefficient (Wildman–Crippen LogP) is 7.28. The number of ether oxygens (including phenoxy) is 1. The molecule has 4 nitrogen and oxygen atoms in total. The van der Waals surface area contributed by atoms with Crippen LogP contribution >= 0.6 is 23.2 Å². The molecule has 0 bridgehead atoms. The molecule has 0 saturated heterocycles. The Morgan fingerprint density at radius 1 is 0.903 bits per heavy atom. The monoisotopic (exact) mass is 450 g/mol. The lowest BCUT2D eigenvalue weighted by Crippen LogP contribution is -2.07. The van der Waals surface area contributed by atoms with E-state index < -0.39 is 5.97 Å². The quantitative estimate of drug-likeness (QED) is 0.237. The second-order valence-electron chi connectivity index (χ2n) is 7.33. The Balaban J connectivity index is 1.81. The number of fused-ring (bicyclic) bond motifs is 1. The smallest absolute Gasteiger partial charge is 0.343 e. The number of esters is 1. The first-order chi connectivity index (χ1) is 14.9. The van der Waals surface area contributed by atoms with E-state index in [0.29, 0.717) is 32.8 Å². The molecular weight excluding hydrogens is 431 g/mol. The van der Waals surface area contributed by atoms with Crippen molar-refractivity contribution in [3.05, 3.63) is 99.8 Å². The van der Waals surface area contributed by atoms with Gasteiger partial charge in [0.25, 0.3) is 0 Å². The topological polar surface area (TPSA) is 44.1 Å². The van der Waals surface area contributed by atoms with Crippen molar-refractivity contribution in [2.45, 2.75) is 19.9 Å². The number of imidazole rings is 1. The fraction of sp³-hybridized carbons (Fsp3) is 0.120. The number of aromatic nitrogens is 2. The number of hydrogen-bond donors (Lipinski definition) is 0. The first kappa shape index (κ1) is 21.2. The molecule has 0 aliphatic heterocycles. The lowest BCUT2D eigenvalue weighted by molar-refractivity contribution is 0.0693. The van der Waals surface area contributed by atoms with E-state index in [0.717, 1.165) is 11.0 Å². The molecule has 0 fully saturated rings. The van der Waals surface area contributed by atoms with Crippen molar-refractivity contribution in [3.63, 3.8) is 0 Å². The van der Waals surface area contributed by atoms with Gasteiger partial charge in [-0.2, -0.15) is 0 Å². The largest absolute Gasteiger partial charge is 0.422 e. The molecule has 0 spiro atoms. The van der Waals surface area contributed by atoms with Crippen molar-refractivity contribution in [3.8, 4) is 0 Å². The highest BCUT2D eigenvalue weighted by Gasteiger charge is 2.17. The SMILES string of the molecule is CC(C)n1c(C=C(OC(=O)c2ccc(Cl)cc2)c2ccc(Cl)cc2)nc2ccccc21. The minimum absolute atomic E-state index is 0.164. The van der Waals surface area contributed by atoms with E-state index in [4.69, 9.17) is 32.9 Å². The van der Waals surface area contributed by atoms with Gasteiger partial charge in [0, 0.05) is 27.7 Å². The maximum Gasteiger partial charge on any atom is 0.343 e. The summed E-state index contributed by atoms with van der Waals surface area (Å²) in [5.74, 6) is 0.601. The Morgan fingerprint density at radius 2 is 1.48 bits per heavy atom. The first-order valence-corrected chi connectivity index (χ1v) is 10.6. The molecule has 0 amide bonds. The number of carbonyl (C=O) groups is 1. The summed E-state index contributed by atoms with van der Waals surface area (Å²) in [4.78, 5) is 17.6. The van der Waals surface area contributed by atoms with E-state index in [9.17, 15) is 4.79 Å². The van der Waals surface area contributed by atoms with Crippen molar-refractivity contribution in [2.75, 3.05) is 0 Å². The molecule has 1 heterocycles. The summed E-state index contributed by atoms with van der Waals surface area (Å²) in [7, 11) is 0. The van der Waals surface area contributed by atoms with Crippen LogP contribution in [0.5, 0.6) is 0 Å². The van der Waals surface area contributed by atoms with Crippen LogP contribution in [-0.2, 0) is 4.74 Å². The Kier molecular flexibility index (Phi) is 6.12. The third-order valence-corrected chi connectivity index (χ3v) is 5.31. The number of rotatable bonds is 5. The van der Waals surface area contributed by atoms with Gasteiger partial charge in [-0.15, -0.1) is 0 Å². The molecule has 3 aromatic carbocycles. The summed E-state index contributed by atoms with van der Waals surface area (Å²) < 4.78 is 7.93. The summed E-state index contributed by atoms with van der Waals surface area (Å²) in [6.07, 6.45) is 1.79. The maximum atomic E-state index is 12.8. The molecule has 31 heavy (non-hydrogen) atoms. The van der Waals surface area contributed by atoms with Crippen molar-refractivity contribution in [1.82, 2.24) is 9.55 Å². The van der Waals surface area contributed by atoms with Gasteiger partial charge in [-0.25, -0.2) is 9.78 Å². The molecule has 4 aromatic rings. The molecule has 6 heteroatoms. The van der Waals surface area contributed by atoms with Gasteiger partial charge in [0.15, 0.2) is 0 Å². The average molecular weight is 451 g/mol. The molecule has 0 atom stereocenters. The van der Waals surface area contributed by atoms with Crippen LogP contribution in [0.4, 0.5) is 0 Å². The predicted molar refractivity (Wildman–Crippen MR) is 126 cm³/mol. The van der Waals surface area contributed by atoms with Crippen LogP contribution < -0.4 is 0 Å². The maximum absolute atomic E-state index is 12.8. The van der Waals surface area contributed by atoms with Crippen LogP contribution in [-0.4, -0.2) is 15.5 Å². The van der Waals surface area contributed by atoms with Gasteiger partial charge in [0.1, 0.15) is 11.6 Å². The van der Waals surface area contributed by atoms with Gasteiger partial charge in [-0.1, -0.05) is 35.3 Å². The molecule has 0 aliphatic rings. The number of nitrogens with zero attached hydrogens (tertiary/aromatic N) is 2. The Morgan fingerprint density at radius 3 is 2.10 bits per heavy atom. The van der Waals surface area contributed by atoms with Crippen molar-refractivity contribution >= 4 is 52.0 Å². The van der Waals surface area contributed by atoms with Gasteiger partial charge in [0.2, 0.25) is 0 Å². The normalized spacial score (nSPS) is 11.8. The highest BCUT2D eigenvalue weighted by molar-refractivity contribution is 6.31. The molecule has 1 aromatic heterocycles. The van der Waals surface area contributed by atoms with Gasteiger partial charge >= 0.3 is 5.97 Å². The second-order valence-corrected chi connectivity index (χ2v) is 8.21. The lowest BCUT2D eigenvalue weighted by Gasteiger charge is -2.13. The zero-order valence-electron chi connectivity index (χ0n) is 17.0. The third-order valence-electron chi connectivity index (χ3n) is 4.81. The van der Waals surface area contributed by atoms with E-state index in [1.165, 1.54) is 0 Å². The Labute approximate surface area is 190 Å². The van der Waals surface area contributed by atoms with Gasteiger partial charge in [0.05, 0.1) is 16.6 Å². The zero-order valence-corrected chi connectivity index (χ0v) is 18.6. The molecule has 156 valence electrons. The molecule has 0 N–H and O–H groups in total. The summed E-state index contributed by atoms with van der Waals surface area (Å²) in [5, 5.41) is 1.15. The molecule has 0 saturated carbocycles. The standard InChI is InChI=1S/C25H20Cl2N2O2/c1-16(2)29-22-6-4-3-5-21(22)28-24(29)15-23(17-7-11-19(26)12-8-17)31-25(30)18-9-13-20(27)14-10-18/h3-16H,1-2H3. The van der Waals surface area contributed by atoms with Gasteiger partial charge < -0.3 is 9.30 Å². The van der Waals surface area contributed by atoms with Crippen LogP contribution in [0.15, 0.2) is 72.8 Å². The minimum atomic E-state index is -0.481. The summed E-state index contributed by atoms with van der Waals surface area (Å²) in [6, 6.07) is 21.8. The van der Waals surface area contributed by atoms with Gasteiger partial charge in [-0.3, -0.25) is 0 Å². The van der Waals surface area contributed by atoms with E-state index in [2.05, 4.69) is 18.4 Å². The number of para-hydroxylation sites is 2. The second kappa shape index (κ2) is 8.96. The number of benzene rings is 3. The van der Waals surface area contributed by atoms with Crippen LogP contribution in [0, 0.1) is 0 Å². The third kappa shape index (κ3) is 4.66. The zero-order chi connectivity index (χ0) is 22.0. The summed E-state index contributed by atoms with van der Waals surface area (Å²) in [5.41, 5.74) is 3.01. The number of hydrogen-bond acceptors (Lipinski definition) is 3. The van der Waals surface area contributed by atoms with Crippen molar-refractivity contribution in [1.29, 1.82) is 0 Å². The summed E-state index contributed by atoms with van der Waals surface area (Å²) >= 11 is 12.0. The fourth-order valence-electron chi connectivity index (χ4n) is 3.36. The van der Waals surface area contributed by atoms with Crippen molar-refractivity contribution in [2.24, 2.45) is 0 Å². The van der Waals surface area contributed by atoms with Gasteiger partial charge in [-0.05, 0) is 74.5 Å². The van der Waals surface area contributed by atoms with E-state index >= 15 is 0 Å². The highest BCUT2D eigenvalue weighted by atomic mass is 35.5. The average Bonchev–Trinajstić information content (AvgIpc) is 3.12. The summed E-state index contributed by atoms with van der Waals surface area (Å²) in [6.45, 7) is 4.18. The van der Waals surface area contributed by atoms with E-state index in [-0.39, 0.29) is 6.04 Å². The van der Waals surface area contributed by atoms with Crippen LogP contribution in [0.1, 0.15) is 41.6 Å². The number of halogens is 2. The highest BCUT2D eigenvalue weighted by Crippen LogP contribution is 2.27. The molecule has 0 radical (unpaired) electrons. The molecule has 0 unspecified atom stereocenters. The van der Waals surface area contributed by atoms with E-state index in [1.807, 2.05) is 36.4 Å². The fourth-order valence-corrected chi connectivity index (χ4v) is 3.61.